The molecule has 0 amide bonds. The predicted octanol–water partition coefficient (Wildman–Crippen LogP) is 5.51. The lowest BCUT2D eigenvalue weighted by Crippen LogP contribution is -2.06. The molecule has 2 aromatic rings. The molecule has 22 heavy (non-hydrogen) atoms. The van der Waals surface area contributed by atoms with E-state index in [0.717, 1.165) is 33.6 Å². The van der Waals surface area contributed by atoms with Gasteiger partial charge < -0.3 is 4.74 Å². The first-order chi connectivity index (χ1) is 10.4. The van der Waals surface area contributed by atoms with Crippen molar-refractivity contribution in [3.05, 3.63) is 76.1 Å². The van der Waals surface area contributed by atoms with Crippen molar-refractivity contribution < 1.29 is 9.13 Å². The molecule has 1 nitrogen and oxygen atoms in total. The Balaban J connectivity index is 2.12. The number of allylic oxidation sites excluding steroid dienone is 2. The molecule has 2 aromatic carbocycles. The zero-order valence-corrected chi connectivity index (χ0v) is 13.4. The van der Waals surface area contributed by atoms with E-state index in [4.69, 9.17) is 4.74 Å². The Kier molecular flexibility index (Phi) is 3.40. The minimum atomic E-state index is -0.211. The van der Waals surface area contributed by atoms with Crippen LogP contribution in [0.25, 0.3) is 11.3 Å². The van der Waals surface area contributed by atoms with Gasteiger partial charge in [0.15, 0.2) is 0 Å². The van der Waals surface area contributed by atoms with Crippen LogP contribution in [0.3, 0.4) is 0 Å². The van der Waals surface area contributed by atoms with E-state index in [1.165, 1.54) is 11.6 Å². The van der Waals surface area contributed by atoms with Crippen molar-refractivity contribution in [1.29, 1.82) is 0 Å². The monoisotopic (exact) mass is 294 g/mol. The molecular formula is C20H19FO. The summed E-state index contributed by atoms with van der Waals surface area (Å²) in [5.41, 5.74) is 6.47. The molecule has 0 aromatic heterocycles. The van der Waals surface area contributed by atoms with Gasteiger partial charge in [-0.1, -0.05) is 18.7 Å². The van der Waals surface area contributed by atoms with Crippen molar-refractivity contribution in [2.75, 3.05) is 0 Å². The van der Waals surface area contributed by atoms with Gasteiger partial charge in [0.2, 0.25) is 0 Å². The molecule has 0 N–H and O–H groups in total. The first-order valence-electron chi connectivity index (χ1n) is 7.34. The van der Waals surface area contributed by atoms with Crippen molar-refractivity contribution in [2.24, 2.45) is 0 Å². The van der Waals surface area contributed by atoms with Crippen LogP contribution in [-0.2, 0) is 0 Å². The van der Waals surface area contributed by atoms with E-state index in [0.29, 0.717) is 11.3 Å². The Bertz CT molecular complexity index is 805. The van der Waals surface area contributed by atoms with Crippen molar-refractivity contribution in [3.63, 3.8) is 0 Å². The molecule has 1 heterocycles. The number of halogens is 1. The summed E-state index contributed by atoms with van der Waals surface area (Å²) in [6.07, 6.45) is 1.88. The minimum absolute atomic E-state index is 0.211. The molecule has 0 spiro atoms. The lowest BCUT2D eigenvalue weighted by atomic mass is 9.95. The molecule has 0 radical (unpaired) electrons. The SMILES string of the molecule is C=C1C=C(c2cc(C)c(C)c(F)c2)Oc2c1ccc(C)c2C. The number of fused-ring (bicyclic) bond motifs is 1. The fourth-order valence-corrected chi connectivity index (χ4v) is 2.65. The topological polar surface area (TPSA) is 9.23 Å². The van der Waals surface area contributed by atoms with Crippen LogP contribution in [0, 0.1) is 33.5 Å². The highest BCUT2D eigenvalue weighted by molar-refractivity contribution is 5.88. The van der Waals surface area contributed by atoms with E-state index < -0.39 is 0 Å². The summed E-state index contributed by atoms with van der Waals surface area (Å²) in [7, 11) is 0. The summed E-state index contributed by atoms with van der Waals surface area (Å²) in [6, 6.07) is 7.57. The van der Waals surface area contributed by atoms with Crippen LogP contribution in [0.15, 0.2) is 36.9 Å². The van der Waals surface area contributed by atoms with Crippen LogP contribution in [-0.4, -0.2) is 0 Å². The maximum absolute atomic E-state index is 14.0. The molecule has 0 saturated heterocycles. The quantitative estimate of drug-likeness (QED) is 0.674. The first kappa shape index (κ1) is 14.6. The van der Waals surface area contributed by atoms with Gasteiger partial charge in [0.05, 0.1) is 0 Å². The summed E-state index contributed by atoms with van der Waals surface area (Å²) in [5, 5.41) is 0. The van der Waals surface area contributed by atoms with Gasteiger partial charge in [-0.05, 0) is 73.7 Å². The number of ether oxygens (including phenoxy) is 1. The lowest BCUT2D eigenvalue weighted by molar-refractivity contribution is 0.503. The number of hydrogen-bond donors (Lipinski definition) is 0. The smallest absolute Gasteiger partial charge is 0.138 e. The summed E-state index contributed by atoms with van der Waals surface area (Å²) in [4.78, 5) is 0. The Labute approximate surface area is 130 Å². The summed E-state index contributed by atoms with van der Waals surface area (Å²) >= 11 is 0. The van der Waals surface area contributed by atoms with Crippen LogP contribution in [0.5, 0.6) is 5.75 Å². The average molecular weight is 294 g/mol. The Morgan fingerprint density at radius 3 is 2.36 bits per heavy atom. The highest BCUT2D eigenvalue weighted by Gasteiger charge is 2.20. The fraction of sp³-hybridized carbons (Fsp3) is 0.200. The predicted molar refractivity (Wildman–Crippen MR) is 89.4 cm³/mol. The second-order valence-electron chi connectivity index (χ2n) is 5.92. The van der Waals surface area contributed by atoms with E-state index >= 15 is 0 Å². The van der Waals surface area contributed by atoms with Crippen molar-refractivity contribution in [3.8, 4) is 5.75 Å². The normalized spacial score (nSPS) is 13.5. The van der Waals surface area contributed by atoms with Crippen LogP contribution < -0.4 is 4.74 Å². The van der Waals surface area contributed by atoms with Crippen molar-refractivity contribution >= 4 is 11.3 Å². The molecular weight excluding hydrogens is 275 g/mol. The highest BCUT2D eigenvalue weighted by Crippen LogP contribution is 2.39. The van der Waals surface area contributed by atoms with Gasteiger partial charge in [0.1, 0.15) is 17.3 Å². The minimum Gasteiger partial charge on any atom is -0.456 e. The van der Waals surface area contributed by atoms with Crippen LogP contribution in [0.2, 0.25) is 0 Å². The molecule has 0 aliphatic carbocycles. The standard InChI is InChI=1S/C20H19FO/c1-11-6-7-17-13(3)9-19(22-20(17)15(11)5)16-8-12(2)14(4)18(21)10-16/h6-10H,3H2,1-2,4-5H3. The van der Waals surface area contributed by atoms with Crippen LogP contribution >= 0.6 is 0 Å². The lowest BCUT2D eigenvalue weighted by Gasteiger charge is -2.23. The molecule has 0 atom stereocenters. The molecule has 1 aliphatic rings. The molecule has 3 rings (SSSR count). The van der Waals surface area contributed by atoms with Crippen molar-refractivity contribution in [1.82, 2.24) is 0 Å². The molecule has 0 saturated carbocycles. The molecule has 1 aliphatic heterocycles. The zero-order chi connectivity index (χ0) is 16.0. The van der Waals surface area contributed by atoms with Gasteiger partial charge >= 0.3 is 0 Å². The van der Waals surface area contributed by atoms with E-state index in [-0.39, 0.29) is 5.82 Å². The second kappa shape index (κ2) is 5.13. The number of hydrogen-bond acceptors (Lipinski definition) is 1. The largest absolute Gasteiger partial charge is 0.456 e. The Morgan fingerprint density at radius 1 is 0.955 bits per heavy atom. The summed E-state index contributed by atoms with van der Waals surface area (Å²) in [5.74, 6) is 1.26. The summed E-state index contributed by atoms with van der Waals surface area (Å²) < 4.78 is 20.1. The molecule has 0 bridgehead atoms. The second-order valence-corrected chi connectivity index (χ2v) is 5.92. The third-order valence-corrected chi connectivity index (χ3v) is 4.43. The van der Waals surface area contributed by atoms with Gasteiger partial charge in [0.25, 0.3) is 0 Å². The number of rotatable bonds is 1. The fourth-order valence-electron chi connectivity index (χ4n) is 2.65. The van der Waals surface area contributed by atoms with E-state index in [9.17, 15) is 4.39 Å². The third kappa shape index (κ3) is 2.25. The van der Waals surface area contributed by atoms with E-state index in [1.807, 2.05) is 32.1 Å². The van der Waals surface area contributed by atoms with Gasteiger partial charge in [-0.15, -0.1) is 0 Å². The maximum Gasteiger partial charge on any atom is 0.138 e. The zero-order valence-electron chi connectivity index (χ0n) is 13.4. The summed E-state index contributed by atoms with van der Waals surface area (Å²) in [6.45, 7) is 11.9. The third-order valence-electron chi connectivity index (χ3n) is 4.43. The van der Waals surface area contributed by atoms with E-state index in [1.54, 1.807) is 6.92 Å². The van der Waals surface area contributed by atoms with E-state index in [2.05, 4.69) is 19.6 Å². The molecule has 2 heteroatoms. The Hall–Kier alpha value is -2.35. The molecule has 0 fully saturated rings. The first-order valence-corrected chi connectivity index (χ1v) is 7.34. The average Bonchev–Trinajstić information content (AvgIpc) is 2.48. The Morgan fingerprint density at radius 2 is 1.68 bits per heavy atom. The highest BCUT2D eigenvalue weighted by atomic mass is 19.1. The van der Waals surface area contributed by atoms with Crippen LogP contribution in [0.1, 0.15) is 33.4 Å². The van der Waals surface area contributed by atoms with Crippen molar-refractivity contribution in [2.45, 2.75) is 27.7 Å². The molecule has 0 unspecified atom stereocenters. The molecule has 112 valence electrons. The van der Waals surface area contributed by atoms with Crippen LogP contribution in [0.4, 0.5) is 4.39 Å². The maximum atomic E-state index is 14.0. The number of benzene rings is 2. The number of aryl methyl sites for hydroxylation is 2. The van der Waals surface area contributed by atoms with Gasteiger partial charge in [0, 0.05) is 11.1 Å². The van der Waals surface area contributed by atoms with Gasteiger partial charge in [-0.2, -0.15) is 0 Å². The van der Waals surface area contributed by atoms with Gasteiger partial charge in [-0.25, -0.2) is 4.39 Å². The van der Waals surface area contributed by atoms with Gasteiger partial charge in [-0.3, -0.25) is 0 Å².